The zero-order chi connectivity index (χ0) is 13.4. The molecule has 1 aromatic rings. The molecule has 1 rings (SSSR count). The molecule has 0 aromatic carbocycles. The number of amidine groups is 1. The van der Waals surface area contributed by atoms with E-state index in [9.17, 15) is 0 Å². The summed E-state index contributed by atoms with van der Waals surface area (Å²) in [6.07, 6.45) is 3.81. The largest absolute Gasteiger partial charge is 0.321 e. The first-order valence-corrected chi connectivity index (χ1v) is 5.82. The van der Waals surface area contributed by atoms with Gasteiger partial charge in [-0.25, -0.2) is 5.84 Å². The Morgan fingerprint density at radius 1 is 1.53 bits per heavy atom. The molecule has 0 atom stereocenters. The van der Waals surface area contributed by atoms with E-state index in [4.69, 9.17) is 11.7 Å². The van der Waals surface area contributed by atoms with Gasteiger partial charge in [0.2, 0.25) is 0 Å². The second-order valence-electron chi connectivity index (χ2n) is 3.78. The Morgan fingerprint density at radius 2 is 2.12 bits per heavy atom. The summed E-state index contributed by atoms with van der Waals surface area (Å²) in [4.78, 5) is 0. The summed E-state index contributed by atoms with van der Waals surface area (Å²) in [5, 5.41) is 9.18. The van der Waals surface area contributed by atoms with Crippen molar-refractivity contribution in [3.8, 4) is 0 Å². The van der Waals surface area contributed by atoms with Crippen LogP contribution < -0.4 is 11.7 Å². The smallest absolute Gasteiger partial charge is 0.160 e. The fourth-order valence-corrected chi connectivity index (χ4v) is 1.15. The number of hydrogen-bond acceptors (Lipinski definition) is 4. The second-order valence-corrected chi connectivity index (χ2v) is 3.78. The lowest BCUT2D eigenvalue weighted by atomic mass is 10.1. The van der Waals surface area contributed by atoms with Crippen molar-refractivity contribution >= 4 is 5.84 Å². The van der Waals surface area contributed by atoms with Gasteiger partial charge in [-0.15, -0.1) is 0 Å². The topological polar surface area (TPSA) is 85.5 Å². The molecule has 0 aliphatic rings. The molecule has 0 saturated carbocycles. The summed E-state index contributed by atoms with van der Waals surface area (Å²) in [6.45, 7) is 8.72. The lowest BCUT2D eigenvalue weighted by Crippen LogP contribution is -2.37. The number of hydrazone groups is 1. The predicted molar refractivity (Wildman–Crippen MR) is 71.2 cm³/mol. The van der Waals surface area contributed by atoms with Crippen molar-refractivity contribution in [1.29, 1.82) is 0 Å². The van der Waals surface area contributed by atoms with Crippen LogP contribution in [0.25, 0.3) is 0 Å². The molecule has 0 bridgehead atoms. The Kier molecular flexibility index (Phi) is 6.97. The van der Waals surface area contributed by atoms with Gasteiger partial charge in [-0.05, 0) is 11.5 Å². The molecule has 1 heterocycles. The zero-order valence-corrected chi connectivity index (χ0v) is 11.4. The zero-order valence-electron chi connectivity index (χ0n) is 11.4. The van der Waals surface area contributed by atoms with Gasteiger partial charge in [0.25, 0.3) is 0 Å². The van der Waals surface area contributed by atoms with Gasteiger partial charge in [-0.3, -0.25) is 9.69 Å². The number of nitrogens with two attached hydrogens (primary N) is 2. The van der Waals surface area contributed by atoms with Gasteiger partial charge in [0.05, 0.1) is 6.20 Å². The molecular weight excluding hydrogens is 216 g/mol. The SMILES string of the molecule is CC.CC(C)c1cnn(C/C(=N/N)N(C)N)c1. The van der Waals surface area contributed by atoms with Crippen molar-refractivity contribution in [2.24, 2.45) is 16.8 Å². The molecule has 0 aliphatic heterocycles. The molecule has 0 amide bonds. The van der Waals surface area contributed by atoms with Crippen molar-refractivity contribution in [3.05, 3.63) is 18.0 Å². The molecule has 0 saturated heterocycles. The third kappa shape index (κ3) is 4.86. The highest BCUT2D eigenvalue weighted by Gasteiger charge is 2.07. The monoisotopic (exact) mass is 240 g/mol. The second kappa shape index (κ2) is 7.67. The average molecular weight is 240 g/mol. The Hall–Kier alpha value is -1.56. The first kappa shape index (κ1) is 15.4. The first-order valence-electron chi connectivity index (χ1n) is 5.82. The van der Waals surface area contributed by atoms with Gasteiger partial charge in [-0.1, -0.05) is 27.7 Å². The van der Waals surface area contributed by atoms with Gasteiger partial charge < -0.3 is 5.84 Å². The van der Waals surface area contributed by atoms with Crippen LogP contribution in [0.15, 0.2) is 17.5 Å². The summed E-state index contributed by atoms with van der Waals surface area (Å²) < 4.78 is 1.77. The molecule has 6 heteroatoms. The van der Waals surface area contributed by atoms with Crippen LogP contribution in [0.1, 0.15) is 39.2 Å². The summed E-state index contributed by atoms with van der Waals surface area (Å²) in [5.41, 5.74) is 1.19. The standard InChI is InChI=1S/C9H18N6.C2H6/c1-7(2)8-4-12-15(5-8)6-9(13-10)14(3)11;1-2/h4-5,7H,6,10-11H2,1-3H3;1-2H3/b13-9-;. The molecule has 1 aromatic heterocycles. The number of aromatic nitrogens is 2. The van der Waals surface area contributed by atoms with Crippen LogP contribution >= 0.6 is 0 Å². The maximum absolute atomic E-state index is 5.54. The van der Waals surface area contributed by atoms with Crippen molar-refractivity contribution < 1.29 is 0 Å². The Balaban J connectivity index is 0.00000121. The molecule has 0 fully saturated rings. The molecular formula is C11H24N6. The van der Waals surface area contributed by atoms with Crippen LogP contribution in [0, 0.1) is 0 Å². The number of likely N-dealkylation sites (N-methyl/N-ethyl adjacent to an activating group) is 1. The van der Waals surface area contributed by atoms with Gasteiger partial charge in [0, 0.05) is 13.2 Å². The van der Waals surface area contributed by atoms with Gasteiger partial charge in [0.15, 0.2) is 5.84 Å². The van der Waals surface area contributed by atoms with Crippen LogP contribution in [-0.2, 0) is 6.54 Å². The van der Waals surface area contributed by atoms with Gasteiger partial charge >= 0.3 is 0 Å². The van der Waals surface area contributed by atoms with Crippen LogP contribution in [0.4, 0.5) is 0 Å². The highest BCUT2D eigenvalue weighted by molar-refractivity contribution is 5.80. The number of rotatable bonds is 3. The summed E-state index contributed by atoms with van der Waals surface area (Å²) in [6, 6.07) is 0. The third-order valence-electron chi connectivity index (χ3n) is 2.18. The maximum Gasteiger partial charge on any atom is 0.160 e. The van der Waals surface area contributed by atoms with E-state index in [2.05, 4.69) is 24.0 Å². The number of hydrazine groups is 1. The minimum atomic E-state index is 0.465. The fourth-order valence-electron chi connectivity index (χ4n) is 1.15. The predicted octanol–water partition coefficient (Wildman–Crippen LogP) is 1.11. The molecule has 6 nitrogen and oxygen atoms in total. The van der Waals surface area contributed by atoms with Crippen LogP contribution in [-0.4, -0.2) is 27.7 Å². The molecule has 0 radical (unpaired) electrons. The minimum absolute atomic E-state index is 0.465. The van der Waals surface area contributed by atoms with E-state index in [0.717, 1.165) is 0 Å². The van der Waals surface area contributed by atoms with Gasteiger partial charge in [0.1, 0.15) is 6.54 Å². The molecule has 0 aliphatic carbocycles. The van der Waals surface area contributed by atoms with E-state index in [1.165, 1.54) is 10.6 Å². The van der Waals surface area contributed by atoms with E-state index in [-0.39, 0.29) is 0 Å². The van der Waals surface area contributed by atoms with Crippen molar-refractivity contribution in [3.63, 3.8) is 0 Å². The molecule has 0 unspecified atom stereocenters. The van der Waals surface area contributed by atoms with E-state index in [1.54, 1.807) is 11.7 Å². The van der Waals surface area contributed by atoms with Crippen molar-refractivity contribution in [1.82, 2.24) is 14.8 Å². The lowest BCUT2D eigenvalue weighted by molar-refractivity contribution is 0.505. The van der Waals surface area contributed by atoms with E-state index < -0.39 is 0 Å². The Bertz CT molecular complexity index is 339. The number of nitrogens with zero attached hydrogens (tertiary/aromatic N) is 4. The third-order valence-corrected chi connectivity index (χ3v) is 2.18. The van der Waals surface area contributed by atoms with Crippen molar-refractivity contribution in [2.45, 2.75) is 40.2 Å². The molecule has 17 heavy (non-hydrogen) atoms. The lowest BCUT2D eigenvalue weighted by Gasteiger charge is -2.13. The normalized spacial score (nSPS) is 11.1. The maximum atomic E-state index is 5.54. The number of hydrogen-bond donors (Lipinski definition) is 2. The summed E-state index contributed by atoms with van der Waals surface area (Å²) >= 11 is 0. The summed E-state index contributed by atoms with van der Waals surface area (Å²) in [5.74, 6) is 11.8. The Labute approximate surface area is 103 Å². The van der Waals surface area contributed by atoms with E-state index in [0.29, 0.717) is 18.3 Å². The quantitative estimate of drug-likeness (QED) is 0.359. The molecule has 98 valence electrons. The van der Waals surface area contributed by atoms with Crippen molar-refractivity contribution in [2.75, 3.05) is 7.05 Å². The van der Waals surface area contributed by atoms with Crippen LogP contribution in [0.3, 0.4) is 0 Å². The van der Waals surface area contributed by atoms with Crippen LogP contribution in [0.5, 0.6) is 0 Å². The van der Waals surface area contributed by atoms with Crippen LogP contribution in [0.2, 0.25) is 0 Å². The average Bonchev–Trinajstić information content (AvgIpc) is 2.76. The van der Waals surface area contributed by atoms with Gasteiger partial charge in [-0.2, -0.15) is 10.2 Å². The summed E-state index contributed by atoms with van der Waals surface area (Å²) in [7, 11) is 1.69. The molecule has 4 N–H and O–H groups in total. The van der Waals surface area contributed by atoms with E-state index >= 15 is 0 Å². The highest BCUT2D eigenvalue weighted by atomic mass is 15.4. The molecule has 0 spiro atoms. The van der Waals surface area contributed by atoms with E-state index in [1.807, 2.05) is 26.2 Å². The first-order chi connectivity index (χ1) is 8.04. The fraction of sp³-hybridized carbons (Fsp3) is 0.636. The minimum Gasteiger partial charge on any atom is -0.321 e. The highest BCUT2D eigenvalue weighted by Crippen LogP contribution is 2.12. The Morgan fingerprint density at radius 3 is 2.47 bits per heavy atom.